The van der Waals surface area contributed by atoms with Gasteiger partial charge in [-0.05, 0) is 42.8 Å². The number of benzene rings is 2. The van der Waals surface area contributed by atoms with Crippen molar-refractivity contribution in [1.82, 2.24) is 10.3 Å². The standard InChI is InChI=1S/C23H22ClN3O4S/c1-15-4-2-3-5-19(15)27-20(28)12-21-26-18(14-32-21)13-31-22(29)10-11-25-23(30)16-6-8-17(24)9-7-16/h2-9,14H,10-13H2,1H3,(H,25,30)(H,27,28). The minimum Gasteiger partial charge on any atom is -0.459 e. The normalized spacial score (nSPS) is 10.4. The molecule has 7 nitrogen and oxygen atoms in total. The van der Waals surface area contributed by atoms with Gasteiger partial charge in [-0.2, -0.15) is 0 Å². The van der Waals surface area contributed by atoms with Gasteiger partial charge in [-0.1, -0.05) is 29.8 Å². The van der Waals surface area contributed by atoms with Crippen LogP contribution in [0.5, 0.6) is 0 Å². The second-order valence-corrected chi connectivity index (χ2v) is 8.33. The van der Waals surface area contributed by atoms with E-state index in [9.17, 15) is 14.4 Å². The van der Waals surface area contributed by atoms with Crippen LogP contribution in [0.2, 0.25) is 5.02 Å². The van der Waals surface area contributed by atoms with E-state index in [0.717, 1.165) is 11.3 Å². The molecular weight excluding hydrogens is 450 g/mol. The fourth-order valence-corrected chi connectivity index (χ4v) is 3.65. The molecule has 166 valence electrons. The molecule has 1 heterocycles. The van der Waals surface area contributed by atoms with Gasteiger partial charge in [-0.3, -0.25) is 14.4 Å². The van der Waals surface area contributed by atoms with Gasteiger partial charge in [0.05, 0.1) is 18.5 Å². The number of halogens is 1. The molecule has 0 saturated carbocycles. The van der Waals surface area contributed by atoms with Gasteiger partial charge < -0.3 is 15.4 Å². The van der Waals surface area contributed by atoms with Gasteiger partial charge in [-0.15, -0.1) is 11.3 Å². The molecule has 0 radical (unpaired) electrons. The lowest BCUT2D eigenvalue weighted by Gasteiger charge is -2.07. The van der Waals surface area contributed by atoms with E-state index in [4.69, 9.17) is 16.3 Å². The molecule has 3 rings (SSSR count). The van der Waals surface area contributed by atoms with Crippen LogP contribution in [0.4, 0.5) is 5.69 Å². The Morgan fingerprint density at radius 1 is 1.09 bits per heavy atom. The van der Waals surface area contributed by atoms with Crippen LogP contribution in [0.3, 0.4) is 0 Å². The molecule has 0 atom stereocenters. The summed E-state index contributed by atoms with van der Waals surface area (Å²) in [7, 11) is 0. The van der Waals surface area contributed by atoms with Gasteiger partial charge in [-0.25, -0.2) is 4.98 Å². The van der Waals surface area contributed by atoms with Gasteiger partial charge in [0.25, 0.3) is 5.91 Å². The molecule has 0 fully saturated rings. The molecule has 0 aliphatic heterocycles. The van der Waals surface area contributed by atoms with Gasteiger partial charge in [0, 0.05) is 28.2 Å². The van der Waals surface area contributed by atoms with Crippen LogP contribution >= 0.6 is 22.9 Å². The molecule has 2 aromatic carbocycles. The van der Waals surface area contributed by atoms with E-state index in [1.807, 2.05) is 31.2 Å². The summed E-state index contributed by atoms with van der Waals surface area (Å²) >= 11 is 7.13. The van der Waals surface area contributed by atoms with Crippen molar-refractivity contribution >= 4 is 46.4 Å². The highest BCUT2D eigenvalue weighted by molar-refractivity contribution is 7.09. The molecule has 1 aromatic heterocycles. The third kappa shape index (κ3) is 7.18. The van der Waals surface area contributed by atoms with Crippen LogP contribution < -0.4 is 10.6 Å². The fraction of sp³-hybridized carbons (Fsp3) is 0.217. The van der Waals surface area contributed by atoms with Crippen molar-refractivity contribution in [3.63, 3.8) is 0 Å². The topological polar surface area (TPSA) is 97.4 Å². The minimum absolute atomic E-state index is 0.0138. The van der Waals surface area contributed by atoms with Crippen molar-refractivity contribution in [3.05, 3.63) is 80.8 Å². The van der Waals surface area contributed by atoms with Crippen LogP contribution in [-0.2, 0) is 27.4 Å². The first-order valence-corrected chi connectivity index (χ1v) is 11.1. The molecule has 2 N–H and O–H groups in total. The summed E-state index contributed by atoms with van der Waals surface area (Å²) in [4.78, 5) is 40.5. The van der Waals surface area contributed by atoms with Crippen LogP contribution in [-0.4, -0.2) is 29.3 Å². The van der Waals surface area contributed by atoms with Gasteiger partial charge in [0.2, 0.25) is 5.91 Å². The molecule has 2 amide bonds. The number of carbonyl (C=O) groups excluding carboxylic acids is 3. The largest absolute Gasteiger partial charge is 0.459 e. The summed E-state index contributed by atoms with van der Waals surface area (Å²) in [6, 6.07) is 14.0. The third-order valence-electron chi connectivity index (χ3n) is 4.43. The molecule has 0 aliphatic carbocycles. The number of carbonyl (C=O) groups is 3. The van der Waals surface area contributed by atoms with Crippen molar-refractivity contribution < 1.29 is 19.1 Å². The number of para-hydroxylation sites is 1. The Morgan fingerprint density at radius 2 is 1.84 bits per heavy atom. The SMILES string of the molecule is Cc1ccccc1NC(=O)Cc1nc(COC(=O)CCNC(=O)c2ccc(Cl)cc2)cs1. The Balaban J connectivity index is 1.37. The number of hydrogen-bond acceptors (Lipinski definition) is 6. The summed E-state index contributed by atoms with van der Waals surface area (Å²) in [5, 5.41) is 8.46. The first kappa shape index (κ1) is 23.4. The second-order valence-electron chi connectivity index (χ2n) is 6.95. The molecule has 0 bridgehead atoms. The summed E-state index contributed by atoms with van der Waals surface area (Å²) in [6.45, 7) is 2.09. The van der Waals surface area contributed by atoms with E-state index < -0.39 is 5.97 Å². The zero-order chi connectivity index (χ0) is 22.9. The van der Waals surface area contributed by atoms with Crippen LogP contribution in [0, 0.1) is 6.92 Å². The van der Waals surface area contributed by atoms with Gasteiger partial charge in [0.15, 0.2) is 0 Å². The lowest BCUT2D eigenvalue weighted by Crippen LogP contribution is -2.26. The first-order valence-electron chi connectivity index (χ1n) is 9.89. The van der Waals surface area contributed by atoms with Crippen LogP contribution in [0.25, 0.3) is 0 Å². The van der Waals surface area contributed by atoms with Crippen molar-refractivity contribution in [2.75, 3.05) is 11.9 Å². The monoisotopic (exact) mass is 471 g/mol. The Labute approximate surface area is 194 Å². The lowest BCUT2D eigenvalue weighted by molar-refractivity contribution is -0.144. The second kappa shape index (κ2) is 11.4. The number of nitrogens with zero attached hydrogens (tertiary/aromatic N) is 1. The van der Waals surface area contributed by atoms with E-state index in [2.05, 4.69) is 15.6 Å². The highest BCUT2D eigenvalue weighted by Gasteiger charge is 2.12. The number of hydrogen-bond donors (Lipinski definition) is 2. The predicted molar refractivity (Wildman–Crippen MR) is 124 cm³/mol. The number of nitrogens with one attached hydrogen (secondary N) is 2. The van der Waals surface area contributed by atoms with Crippen molar-refractivity contribution in [1.29, 1.82) is 0 Å². The number of esters is 1. The zero-order valence-corrected chi connectivity index (χ0v) is 19.0. The van der Waals surface area contributed by atoms with Crippen molar-refractivity contribution in [2.45, 2.75) is 26.4 Å². The van der Waals surface area contributed by atoms with Gasteiger partial charge in [0.1, 0.15) is 11.6 Å². The number of amides is 2. The Hall–Kier alpha value is -3.23. The molecular formula is C23H22ClN3O4S. The molecule has 0 saturated heterocycles. The van der Waals surface area contributed by atoms with E-state index >= 15 is 0 Å². The maximum Gasteiger partial charge on any atom is 0.307 e. The van der Waals surface area contributed by atoms with E-state index in [1.165, 1.54) is 11.3 Å². The summed E-state index contributed by atoms with van der Waals surface area (Å²) in [5.74, 6) is -0.899. The summed E-state index contributed by atoms with van der Waals surface area (Å²) in [6.07, 6.45) is 0.179. The predicted octanol–water partition coefficient (Wildman–Crippen LogP) is 4.15. The first-order chi connectivity index (χ1) is 15.4. The molecule has 9 heteroatoms. The lowest BCUT2D eigenvalue weighted by atomic mass is 10.2. The maximum absolute atomic E-state index is 12.2. The third-order valence-corrected chi connectivity index (χ3v) is 5.58. The quantitative estimate of drug-likeness (QED) is 0.457. The number of ether oxygens (including phenoxy) is 1. The Bertz CT molecular complexity index is 1100. The molecule has 0 spiro atoms. The smallest absolute Gasteiger partial charge is 0.307 e. The molecule has 0 aliphatic rings. The minimum atomic E-state index is -0.451. The van der Waals surface area contributed by atoms with Crippen LogP contribution in [0.15, 0.2) is 53.9 Å². The molecule has 3 aromatic rings. The van der Waals surface area contributed by atoms with Crippen molar-refractivity contribution in [2.24, 2.45) is 0 Å². The van der Waals surface area contributed by atoms with Gasteiger partial charge >= 0.3 is 5.97 Å². The summed E-state index contributed by atoms with van der Waals surface area (Å²) < 4.78 is 5.20. The highest BCUT2D eigenvalue weighted by Crippen LogP contribution is 2.16. The highest BCUT2D eigenvalue weighted by atomic mass is 35.5. The van der Waals surface area contributed by atoms with Crippen molar-refractivity contribution in [3.8, 4) is 0 Å². The number of thiazole rings is 1. The molecule has 0 unspecified atom stereocenters. The Kier molecular flexibility index (Phi) is 8.35. The number of aromatic nitrogens is 1. The number of anilines is 1. The fourth-order valence-electron chi connectivity index (χ4n) is 2.75. The van der Waals surface area contributed by atoms with E-state index in [-0.39, 0.29) is 37.8 Å². The Morgan fingerprint density at radius 3 is 2.59 bits per heavy atom. The summed E-state index contributed by atoms with van der Waals surface area (Å²) in [5.41, 5.74) is 2.79. The molecule has 32 heavy (non-hydrogen) atoms. The average Bonchev–Trinajstić information content (AvgIpc) is 3.21. The maximum atomic E-state index is 12.2. The van der Waals surface area contributed by atoms with E-state index in [0.29, 0.717) is 21.3 Å². The van der Waals surface area contributed by atoms with Crippen LogP contribution in [0.1, 0.15) is 33.0 Å². The number of aryl methyl sites for hydroxylation is 1. The van der Waals surface area contributed by atoms with E-state index in [1.54, 1.807) is 29.6 Å². The number of rotatable bonds is 9. The average molecular weight is 472 g/mol. The zero-order valence-electron chi connectivity index (χ0n) is 17.4.